The minimum absolute atomic E-state index is 0.00818. The molecule has 0 fully saturated rings. The SMILES string of the molecule is CC(C)(C)c1cc(Nc2ccccn2)c(O)c(C(C)(C)C)c1. The molecule has 0 aliphatic rings. The van der Waals surface area contributed by atoms with Crippen molar-refractivity contribution in [2.75, 3.05) is 5.32 Å². The van der Waals surface area contributed by atoms with E-state index < -0.39 is 0 Å². The van der Waals surface area contributed by atoms with Crippen molar-refractivity contribution in [2.24, 2.45) is 0 Å². The number of benzene rings is 1. The second-order valence-electron chi connectivity index (χ2n) is 7.76. The lowest BCUT2D eigenvalue weighted by Crippen LogP contribution is -2.17. The first-order valence-electron chi connectivity index (χ1n) is 7.65. The lowest BCUT2D eigenvalue weighted by Gasteiger charge is -2.27. The second-order valence-corrected chi connectivity index (χ2v) is 7.76. The molecule has 0 unspecified atom stereocenters. The predicted octanol–water partition coefficient (Wildman–Crippen LogP) is 5.13. The van der Waals surface area contributed by atoms with Gasteiger partial charge in [-0.05, 0) is 34.6 Å². The number of pyridine rings is 1. The van der Waals surface area contributed by atoms with E-state index in [4.69, 9.17) is 0 Å². The zero-order valence-corrected chi connectivity index (χ0v) is 14.4. The van der Waals surface area contributed by atoms with E-state index in [9.17, 15) is 5.11 Å². The van der Waals surface area contributed by atoms with Crippen molar-refractivity contribution in [3.8, 4) is 5.75 Å². The van der Waals surface area contributed by atoms with Crippen molar-refractivity contribution in [3.63, 3.8) is 0 Å². The maximum Gasteiger partial charge on any atom is 0.142 e. The van der Waals surface area contributed by atoms with E-state index in [0.29, 0.717) is 11.4 Å². The van der Waals surface area contributed by atoms with Crippen LogP contribution in [0.2, 0.25) is 0 Å². The molecule has 0 amide bonds. The van der Waals surface area contributed by atoms with E-state index in [0.717, 1.165) is 11.4 Å². The number of hydrogen-bond acceptors (Lipinski definition) is 3. The van der Waals surface area contributed by atoms with Crippen LogP contribution in [-0.4, -0.2) is 10.1 Å². The Morgan fingerprint density at radius 2 is 1.64 bits per heavy atom. The van der Waals surface area contributed by atoms with E-state index in [-0.39, 0.29) is 10.8 Å². The molecule has 118 valence electrons. The molecule has 22 heavy (non-hydrogen) atoms. The monoisotopic (exact) mass is 298 g/mol. The number of phenolic OH excluding ortho intramolecular Hbond substituents is 1. The summed E-state index contributed by atoms with van der Waals surface area (Å²) < 4.78 is 0. The Bertz CT molecular complexity index is 650. The molecule has 0 bridgehead atoms. The Balaban J connectivity index is 2.57. The van der Waals surface area contributed by atoms with Gasteiger partial charge in [0.25, 0.3) is 0 Å². The fourth-order valence-electron chi connectivity index (χ4n) is 2.31. The van der Waals surface area contributed by atoms with Gasteiger partial charge in [0, 0.05) is 11.8 Å². The summed E-state index contributed by atoms with van der Waals surface area (Å²) in [5.41, 5.74) is 2.71. The highest BCUT2D eigenvalue weighted by atomic mass is 16.3. The van der Waals surface area contributed by atoms with Crippen LogP contribution < -0.4 is 5.32 Å². The molecule has 0 radical (unpaired) electrons. The number of nitrogens with one attached hydrogen (secondary N) is 1. The third kappa shape index (κ3) is 3.59. The first-order valence-corrected chi connectivity index (χ1v) is 7.65. The highest BCUT2D eigenvalue weighted by Crippen LogP contribution is 2.40. The molecule has 0 saturated carbocycles. The molecular formula is C19H26N2O. The van der Waals surface area contributed by atoms with Gasteiger partial charge in [-0.15, -0.1) is 0 Å². The van der Waals surface area contributed by atoms with Gasteiger partial charge >= 0.3 is 0 Å². The molecule has 1 aromatic heterocycles. The summed E-state index contributed by atoms with van der Waals surface area (Å²) in [5, 5.41) is 13.9. The maximum atomic E-state index is 10.7. The summed E-state index contributed by atoms with van der Waals surface area (Å²) in [7, 11) is 0. The molecule has 0 spiro atoms. The van der Waals surface area contributed by atoms with Crippen molar-refractivity contribution < 1.29 is 5.11 Å². The quantitative estimate of drug-likeness (QED) is 0.756. The highest BCUT2D eigenvalue weighted by Gasteiger charge is 2.25. The number of anilines is 2. The van der Waals surface area contributed by atoms with E-state index in [1.54, 1.807) is 6.20 Å². The summed E-state index contributed by atoms with van der Waals surface area (Å²) in [5.74, 6) is 1.02. The van der Waals surface area contributed by atoms with Gasteiger partial charge in [0.05, 0.1) is 5.69 Å². The standard InChI is InChI=1S/C19H26N2O/c1-18(2,3)13-11-14(19(4,5)6)17(22)15(12-13)21-16-9-7-8-10-20-16/h7-12,22H,1-6H3,(H,20,21). The molecule has 0 saturated heterocycles. The molecule has 2 aromatic rings. The molecule has 2 rings (SSSR count). The van der Waals surface area contributed by atoms with Gasteiger partial charge in [-0.2, -0.15) is 0 Å². The average molecular weight is 298 g/mol. The van der Waals surface area contributed by atoms with E-state index in [1.807, 2.05) is 24.3 Å². The van der Waals surface area contributed by atoms with Gasteiger partial charge in [0.15, 0.2) is 0 Å². The van der Waals surface area contributed by atoms with Crippen molar-refractivity contribution in [3.05, 3.63) is 47.7 Å². The normalized spacial score (nSPS) is 12.3. The highest BCUT2D eigenvalue weighted by molar-refractivity contribution is 5.68. The minimum Gasteiger partial charge on any atom is -0.505 e. The largest absolute Gasteiger partial charge is 0.505 e. The first-order chi connectivity index (χ1) is 10.1. The van der Waals surface area contributed by atoms with Gasteiger partial charge in [-0.25, -0.2) is 4.98 Å². The molecule has 0 atom stereocenters. The summed E-state index contributed by atoms with van der Waals surface area (Å²) in [6.45, 7) is 12.9. The summed E-state index contributed by atoms with van der Waals surface area (Å²) in [6, 6.07) is 9.81. The molecule has 1 aromatic carbocycles. The number of phenols is 1. The Morgan fingerprint density at radius 3 is 2.14 bits per heavy atom. The van der Waals surface area contributed by atoms with Crippen LogP contribution in [0.4, 0.5) is 11.5 Å². The Labute approximate surface area is 133 Å². The third-order valence-corrected chi connectivity index (χ3v) is 3.71. The minimum atomic E-state index is -0.133. The molecular weight excluding hydrogens is 272 g/mol. The van der Waals surface area contributed by atoms with Crippen LogP contribution in [0.3, 0.4) is 0 Å². The smallest absolute Gasteiger partial charge is 0.142 e. The van der Waals surface area contributed by atoms with Gasteiger partial charge in [-0.3, -0.25) is 0 Å². The van der Waals surface area contributed by atoms with Crippen LogP contribution in [0.1, 0.15) is 52.7 Å². The zero-order valence-electron chi connectivity index (χ0n) is 14.4. The number of rotatable bonds is 2. The summed E-state index contributed by atoms with van der Waals surface area (Å²) in [6.07, 6.45) is 1.73. The van der Waals surface area contributed by atoms with Crippen LogP contribution in [0.5, 0.6) is 5.75 Å². The maximum absolute atomic E-state index is 10.7. The lowest BCUT2D eigenvalue weighted by atomic mass is 9.79. The molecule has 3 heteroatoms. The number of aromatic nitrogens is 1. The summed E-state index contributed by atoms with van der Waals surface area (Å²) in [4.78, 5) is 4.28. The van der Waals surface area contributed by atoms with Crippen LogP contribution in [0.15, 0.2) is 36.5 Å². The van der Waals surface area contributed by atoms with E-state index in [2.05, 4.69) is 57.9 Å². The van der Waals surface area contributed by atoms with Gasteiger partial charge in [-0.1, -0.05) is 53.7 Å². The third-order valence-electron chi connectivity index (χ3n) is 3.71. The van der Waals surface area contributed by atoms with Crippen molar-refractivity contribution in [1.82, 2.24) is 4.98 Å². The van der Waals surface area contributed by atoms with Gasteiger partial charge in [0.2, 0.25) is 0 Å². The zero-order chi connectivity index (χ0) is 16.5. The van der Waals surface area contributed by atoms with Crippen LogP contribution in [0, 0.1) is 0 Å². The number of nitrogens with zero attached hydrogens (tertiary/aromatic N) is 1. The van der Waals surface area contributed by atoms with E-state index >= 15 is 0 Å². The average Bonchev–Trinajstić information content (AvgIpc) is 2.39. The first kappa shape index (κ1) is 16.3. The molecule has 1 heterocycles. The van der Waals surface area contributed by atoms with Crippen molar-refractivity contribution >= 4 is 11.5 Å². The molecule has 0 aliphatic carbocycles. The fourth-order valence-corrected chi connectivity index (χ4v) is 2.31. The van der Waals surface area contributed by atoms with Crippen LogP contribution in [0.25, 0.3) is 0 Å². The van der Waals surface area contributed by atoms with Crippen molar-refractivity contribution in [2.45, 2.75) is 52.4 Å². The Kier molecular flexibility index (Phi) is 4.19. The predicted molar refractivity (Wildman–Crippen MR) is 93.0 cm³/mol. The van der Waals surface area contributed by atoms with E-state index in [1.165, 1.54) is 5.56 Å². The molecule has 0 aliphatic heterocycles. The molecule has 2 N–H and O–H groups in total. The topological polar surface area (TPSA) is 45.2 Å². The van der Waals surface area contributed by atoms with Crippen LogP contribution in [-0.2, 0) is 10.8 Å². The fraction of sp³-hybridized carbons (Fsp3) is 0.421. The Morgan fingerprint density at radius 1 is 0.955 bits per heavy atom. The Hall–Kier alpha value is -2.03. The van der Waals surface area contributed by atoms with Gasteiger partial charge < -0.3 is 10.4 Å². The second kappa shape index (κ2) is 5.64. The number of hydrogen-bond donors (Lipinski definition) is 2. The molecule has 3 nitrogen and oxygen atoms in total. The van der Waals surface area contributed by atoms with Gasteiger partial charge in [0.1, 0.15) is 11.6 Å². The van der Waals surface area contributed by atoms with Crippen molar-refractivity contribution in [1.29, 1.82) is 0 Å². The summed E-state index contributed by atoms with van der Waals surface area (Å²) >= 11 is 0. The number of aromatic hydroxyl groups is 1. The lowest BCUT2D eigenvalue weighted by molar-refractivity contribution is 0.447. The van der Waals surface area contributed by atoms with Crippen LogP contribution >= 0.6 is 0 Å².